The Morgan fingerprint density at radius 2 is 2.31 bits per heavy atom. The summed E-state index contributed by atoms with van der Waals surface area (Å²) in [6, 6.07) is 4.04. The summed E-state index contributed by atoms with van der Waals surface area (Å²) < 4.78 is 0. The number of nitrogen functional groups attached to an aromatic ring is 1. The van der Waals surface area contributed by atoms with E-state index in [2.05, 4.69) is 26.7 Å². The molecule has 0 aliphatic rings. The highest BCUT2D eigenvalue weighted by Crippen LogP contribution is 2.18. The number of anilines is 2. The second kappa shape index (κ2) is 4.53. The molecule has 0 radical (unpaired) electrons. The molecule has 0 unspecified atom stereocenters. The molecule has 2 aromatic heterocycles. The summed E-state index contributed by atoms with van der Waals surface area (Å²) in [6.07, 6.45) is 1.81. The van der Waals surface area contributed by atoms with E-state index in [1.165, 1.54) is 5.56 Å². The molecule has 2 rings (SSSR count). The first-order valence-electron chi connectivity index (χ1n) is 5.11. The van der Waals surface area contributed by atoms with E-state index in [-0.39, 0.29) is 0 Å². The van der Waals surface area contributed by atoms with Crippen molar-refractivity contribution in [2.24, 2.45) is 0 Å². The Morgan fingerprint density at radius 1 is 1.50 bits per heavy atom. The van der Waals surface area contributed by atoms with Gasteiger partial charge in [0.25, 0.3) is 0 Å². The highest BCUT2D eigenvalue weighted by atomic mass is 32.1. The van der Waals surface area contributed by atoms with E-state index >= 15 is 0 Å². The molecule has 0 saturated carbocycles. The lowest BCUT2D eigenvalue weighted by Crippen LogP contribution is -2.17. The van der Waals surface area contributed by atoms with Crippen LogP contribution in [0.1, 0.15) is 11.1 Å². The molecule has 0 bridgehead atoms. The topological polar surface area (TPSA) is 42.2 Å². The van der Waals surface area contributed by atoms with Crippen molar-refractivity contribution in [3.63, 3.8) is 0 Å². The van der Waals surface area contributed by atoms with E-state index in [1.54, 1.807) is 11.3 Å². The van der Waals surface area contributed by atoms with Crippen LogP contribution >= 0.6 is 11.3 Å². The van der Waals surface area contributed by atoms with Gasteiger partial charge in [-0.15, -0.1) is 0 Å². The van der Waals surface area contributed by atoms with E-state index in [0.717, 1.165) is 23.6 Å². The van der Waals surface area contributed by atoms with E-state index in [1.807, 2.05) is 26.2 Å². The van der Waals surface area contributed by atoms with Crippen molar-refractivity contribution in [2.45, 2.75) is 13.5 Å². The third-order valence-electron chi connectivity index (χ3n) is 2.52. The van der Waals surface area contributed by atoms with Crippen molar-refractivity contribution in [2.75, 3.05) is 17.7 Å². The van der Waals surface area contributed by atoms with Crippen LogP contribution < -0.4 is 10.6 Å². The average Bonchev–Trinajstić information content (AvgIpc) is 2.74. The fourth-order valence-corrected chi connectivity index (χ4v) is 2.13. The summed E-state index contributed by atoms with van der Waals surface area (Å²) in [5.74, 6) is 0.911. The third-order valence-corrected chi connectivity index (χ3v) is 3.25. The van der Waals surface area contributed by atoms with Crippen LogP contribution in [0.5, 0.6) is 0 Å². The van der Waals surface area contributed by atoms with E-state index < -0.39 is 0 Å². The summed E-state index contributed by atoms with van der Waals surface area (Å²) in [5.41, 5.74) is 8.98. The first-order chi connectivity index (χ1) is 7.66. The fourth-order valence-electron chi connectivity index (χ4n) is 1.47. The second-order valence-corrected chi connectivity index (χ2v) is 4.67. The highest BCUT2D eigenvalue weighted by Gasteiger charge is 2.05. The van der Waals surface area contributed by atoms with Crippen molar-refractivity contribution in [1.29, 1.82) is 0 Å². The molecule has 2 N–H and O–H groups in total. The van der Waals surface area contributed by atoms with E-state index in [9.17, 15) is 0 Å². The summed E-state index contributed by atoms with van der Waals surface area (Å²) in [6.45, 7) is 2.82. The molecule has 2 aromatic rings. The molecule has 0 fully saturated rings. The number of hydrogen-bond donors (Lipinski definition) is 1. The smallest absolute Gasteiger partial charge is 0.130 e. The summed E-state index contributed by atoms with van der Waals surface area (Å²) in [7, 11) is 2.02. The first kappa shape index (κ1) is 11.0. The SMILES string of the molecule is Cc1cnc(N(C)Cc2ccsc2)cc1N. The van der Waals surface area contributed by atoms with Gasteiger partial charge in [-0.05, 0) is 34.9 Å². The lowest BCUT2D eigenvalue weighted by molar-refractivity contribution is 0.901. The first-order valence-corrected chi connectivity index (χ1v) is 6.05. The third kappa shape index (κ3) is 2.33. The van der Waals surface area contributed by atoms with Gasteiger partial charge in [-0.25, -0.2) is 4.98 Å². The molecule has 0 aromatic carbocycles. The van der Waals surface area contributed by atoms with Crippen LogP contribution in [0.4, 0.5) is 11.5 Å². The molecule has 0 saturated heterocycles. The monoisotopic (exact) mass is 233 g/mol. The minimum atomic E-state index is 0.794. The molecular formula is C12H15N3S. The van der Waals surface area contributed by atoms with Crippen molar-refractivity contribution in [3.8, 4) is 0 Å². The van der Waals surface area contributed by atoms with Gasteiger partial charge in [-0.3, -0.25) is 0 Å². The zero-order valence-electron chi connectivity index (χ0n) is 9.47. The Kier molecular flexibility index (Phi) is 3.10. The molecule has 3 nitrogen and oxygen atoms in total. The minimum absolute atomic E-state index is 0.794. The molecule has 2 heterocycles. The maximum Gasteiger partial charge on any atom is 0.130 e. The summed E-state index contributed by atoms with van der Waals surface area (Å²) in [5, 5.41) is 4.23. The lowest BCUT2D eigenvalue weighted by atomic mass is 10.2. The predicted molar refractivity (Wildman–Crippen MR) is 69.8 cm³/mol. The lowest BCUT2D eigenvalue weighted by Gasteiger charge is -2.18. The van der Waals surface area contributed by atoms with Gasteiger partial charge in [0.05, 0.1) is 0 Å². The highest BCUT2D eigenvalue weighted by molar-refractivity contribution is 7.07. The van der Waals surface area contributed by atoms with Crippen LogP contribution in [0.2, 0.25) is 0 Å². The molecule has 0 aliphatic carbocycles. The van der Waals surface area contributed by atoms with Crippen LogP contribution in [0.25, 0.3) is 0 Å². The van der Waals surface area contributed by atoms with Gasteiger partial charge in [0.2, 0.25) is 0 Å². The minimum Gasteiger partial charge on any atom is -0.398 e. The number of nitrogens with two attached hydrogens (primary N) is 1. The molecular weight excluding hydrogens is 218 g/mol. The zero-order valence-corrected chi connectivity index (χ0v) is 10.3. The number of pyridine rings is 1. The molecule has 4 heteroatoms. The Hall–Kier alpha value is -1.55. The summed E-state index contributed by atoms with van der Waals surface area (Å²) in [4.78, 5) is 6.46. The van der Waals surface area contributed by atoms with Gasteiger partial charge in [0.15, 0.2) is 0 Å². The molecule has 0 atom stereocenters. The van der Waals surface area contributed by atoms with E-state index in [4.69, 9.17) is 5.73 Å². The molecule has 0 spiro atoms. The van der Waals surface area contributed by atoms with Gasteiger partial charge in [0.1, 0.15) is 5.82 Å². The number of aromatic nitrogens is 1. The Balaban J connectivity index is 2.14. The fraction of sp³-hybridized carbons (Fsp3) is 0.250. The Bertz CT molecular complexity index is 465. The van der Waals surface area contributed by atoms with Crippen molar-refractivity contribution >= 4 is 22.8 Å². The summed E-state index contributed by atoms with van der Waals surface area (Å²) >= 11 is 1.71. The maximum absolute atomic E-state index is 5.87. The normalized spacial score (nSPS) is 10.4. The molecule has 0 amide bonds. The molecule has 84 valence electrons. The van der Waals surface area contributed by atoms with Crippen molar-refractivity contribution < 1.29 is 0 Å². The Labute approximate surface area is 99.5 Å². The van der Waals surface area contributed by atoms with Gasteiger partial charge in [-0.2, -0.15) is 11.3 Å². The van der Waals surface area contributed by atoms with Crippen molar-refractivity contribution in [1.82, 2.24) is 4.98 Å². The van der Waals surface area contributed by atoms with Gasteiger partial charge < -0.3 is 10.6 Å². The van der Waals surface area contributed by atoms with Crippen LogP contribution in [-0.4, -0.2) is 12.0 Å². The predicted octanol–water partition coefficient (Wildman–Crippen LogP) is 2.67. The van der Waals surface area contributed by atoms with Crippen LogP contribution in [-0.2, 0) is 6.54 Å². The molecule has 16 heavy (non-hydrogen) atoms. The largest absolute Gasteiger partial charge is 0.398 e. The van der Waals surface area contributed by atoms with Gasteiger partial charge in [-0.1, -0.05) is 0 Å². The number of thiophene rings is 1. The Morgan fingerprint density at radius 3 is 2.94 bits per heavy atom. The average molecular weight is 233 g/mol. The number of hydrogen-bond acceptors (Lipinski definition) is 4. The van der Waals surface area contributed by atoms with Gasteiger partial charge in [0, 0.05) is 31.5 Å². The molecule has 0 aliphatic heterocycles. The maximum atomic E-state index is 5.87. The zero-order chi connectivity index (χ0) is 11.5. The number of nitrogens with zero attached hydrogens (tertiary/aromatic N) is 2. The van der Waals surface area contributed by atoms with Crippen molar-refractivity contribution in [3.05, 3.63) is 40.2 Å². The van der Waals surface area contributed by atoms with Gasteiger partial charge >= 0.3 is 0 Å². The standard InChI is InChI=1S/C12H15N3S/c1-9-6-14-12(5-11(9)13)15(2)7-10-3-4-16-8-10/h3-6,8H,7H2,1-2H3,(H2,13,14). The number of aryl methyl sites for hydroxylation is 1. The van der Waals surface area contributed by atoms with Crippen LogP contribution in [0.15, 0.2) is 29.1 Å². The second-order valence-electron chi connectivity index (χ2n) is 3.89. The number of rotatable bonds is 3. The quantitative estimate of drug-likeness (QED) is 0.886. The van der Waals surface area contributed by atoms with Crippen LogP contribution in [0, 0.1) is 6.92 Å². The van der Waals surface area contributed by atoms with E-state index in [0.29, 0.717) is 0 Å². The van der Waals surface area contributed by atoms with Crippen LogP contribution in [0.3, 0.4) is 0 Å².